The van der Waals surface area contributed by atoms with Crippen LogP contribution in [0.5, 0.6) is 5.75 Å². The highest BCUT2D eigenvalue weighted by Crippen LogP contribution is 2.33. The van der Waals surface area contributed by atoms with Gasteiger partial charge in [-0.05, 0) is 49.8 Å². The number of benzene rings is 2. The molecule has 0 aliphatic heterocycles. The Morgan fingerprint density at radius 3 is 2.35 bits per heavy atom. The molecule has 2 aromatic carbocycles. The lowest BCUT2D eigenvalue weighted by molar-refractivity contribution is 0.393. The van der Waals surface area contributed by atoms with Gasteiger partial charge in [-0.1, -0.05) is 42.1 Å². The Labute approximate surface area is 181 Å². The maximum absolute atomic E-state index is 5.31. The van der Waals surface area contributed by atoms with E-state index in [0.717, 1.165) is 51.1 Å². The molecule has 0 fully saturated rings. The first-order valence-corrected chi connectivity index (χ1v) is 9.91. The molecular formula is C25H24N4O2. The predicted octanol–water partition coefficient (Wildman–Crippen LogP) is 6.23. The largest absolute Gasteiger partial charge is 0.497 e. The molecule has 0 amide bonds. The number of allylic oxidation sites excluding steroid dienone is 2. The summed E-state index contributed by atoms with van der Waals surface area (Å²) < 4.78 is 12.5. The van der Waals surface area contributed by atoms with E-state index >= 15 is 0 Å². The zero-order chi connectivity index (χ0) is 21.8. The number of aromatic nitrogens is 3. The average Bonchev–Trinajstić information content (AvgIpc) is 3.35. The van der Waals surface area contributed by atoms with Crippen LogP contribution in [-0.4, -0.2) is 21.8 Å². The Kier molecular flexibility index (Phi) is 5.71. The van der Waals surface area contributed by atoms with Crippen LogP contribution in [-0.2, 0) is 0 Å². The van der Waals surface area contributed by atoms with Crippen molar-refractivity contribution < 1.29 is 9.26 Å². The molecule has 2 heterocycles. The summed E-state index contributed by atoms with van der Waals surface area (Å²) in [5, 5.41) is 7.53. The van der Waals surface area contributed by atoms with Gasteiger partial charge in [0.25, 0.3) is 0 Å². The SMILES string of the molecule is C=CC=Cn1cnc(-c2ccc(-c3c(C)noc3C)cc2)c1Nc1ccc(OC)cc1. The number of nitrogens with zero attached hydrogens (tertiary/aromatic N) is 3. The van der Waals surface area contributed by atoms with Crippen molar-refractivity contribution in [2.75, 3.05) is 12.4 Å². The molecule has 1 N–H and O–H groups in total. The monoisotopic (exact) mass is 412 g/mol. The van der Waals surface area contributed by atoms with Gasteiger partial charge in [-0.2, -0.15) is 0 Å². The minimum Gasteiger partial charge on any atom is -0.497 e. The Morgan fingerprint density at radius 1 is 1.03 bits per heavy atom. The van der Waals surface area contributed by atoms with Gasteiger partial charge >= 0.3 is 0 Å². The normalized spacial score (nSPS) is 11.1. The molecule has 4 rings (SSSR count). The highest BCUT2D eigenvalue weighted by Gasteiger charge is 2.15. The maximum Gasteiger partial charge on any atom is 0.142 e. The second-order valence-corrected chi connectivity index (χ2v) is 7.06. The fraction of sp³-hybridized carbons (Fsp3) is 0.120. The number of imidazole rings is 1. The third kappa shape index (κ3) is 4.14. The Balaban J connectivity index is 1.71. The summed E-state index contributed by atoms with van der Waals surface area (Å²) in [5.74, 6) is 2.47. The highest BCUT2D eigenvalue weighted by atomic mass is 16.5. The molecule has 0 spiro atoms. The van der Waals surface area contributed by atoms with Crippen LogP contribution in [0.4, 0.5) is 11.5 Å². The van der Waals surface area contributed by atoms with Crippen molar-refractivity contribution in [1.82, 2.24) is 14.7 Å². The number of hydrogen-bond acceptors (Lipinski definition) is 5. The molecule has 31 heavy (non-hydrogen) atoms. The summed E-state index contributed by atoms with van der Waals surface area (Å²) in [6.45, 7) is 7.63. The third-order valence-electron chi connectivity index (χ3n) is 5.01. The molecule has 0 aliphatic rings. The smallest absolute Gasteiger partial charge is 0.142 e. The molecule has 0 aliphatic carbocycles. The van der Waals surface area contributed by atoms with Gasteiger partial charge in [0.2, 0.25) is 0 Å². The lowest BCUT2D eigenvalue weighted by Gasteiger charge is -2.11. The molecule has 0 saturated carbocycles. The number of anilines is 2. The van der Waals surface area contributed by atoms with Crippen LogP contribution in [0.1, 0.15) is 11.5 Å². The first kappa shape index (κ1) is 20.2. The first-order chi connectivity index (χ1) is 15.1. The van der Waals surface area contributed by atoms with E-state index in [4.69, 9.17) is 9.26 Å². The van der Waals surface area contributed by atoms with Crippen molar-refractivity contribution >= 4 is 17.7 Å². The lowest BCUT2D eigenvalue weighted by atomic mass is 10.0. The van der Waals surface area contributed by atoms with Gasteiger partial charge in [-0.15, -0.1) is 0 Å². The Bertz CT molecular complexity index is 1200. The molecule has 0 saturated heterocycles. The van der Waals surface area contributed by atoms with E-state index < -0.39 is 0 Å². The summed E-state index contributed by atoms with van der Waals surface area (Å²) in [7, 11) is 1.65. The van der Waals surface area contributed by atoms with E-state index in [2.05, 4.69) is 46.3 Å². The molecule has 0 unspecified atom stereocenters. The molecule has 2 aromatic heterocycles. The van der Waals surface area contributed by atoms with Crippen molar-refractivity contribution in [1.29, 1.82) is 0 Å². The average molecular weight is 412 g/mol. The molecular weight excluding hydrogens is 388 g/mol. The van der Waals surface area contributed by atoms with E-state index in [-0.39, 0.29) is 0 Å². The lowest BCUT2D eigenvalue weighted by Crippen LogP contribution is -1.98. The molecule has 0 atom stereocenters. The van der Waals surface area contributed by atoms with Crippen LogP contribution in [0.25, 0.3) is 28.6 Å². The fourth-order valence-corrected chi connectivity index (χ4v) is 3.46. The van der Waals surface area contributed by atoms with Crippen molar-refractivity contribution in [3.63, 3.8) is 0 Å². The van der Waals surface area contributed by atoms with Crippen molar-refractivity contribution in [3.05, 3.63) is 85.0 Å². The van der Waals surface area contributed by atoms with Gasteiger partial charge in [0.15, 0.2) is 0 Å². The number of ether oxygens (including phenoxy) is 1. The Morgan fingerprint density at radius 2 is 1.74 bits per heavy atom. The van der Waals surface area contributed by atoms with Gasteiger partial charge in [0.05, 0.1) is 12.8 Å². The summed E-state index contributed by atoms with van der Waals surface area (Å²) in [6.07, 6.45) is 7.29. The first-order valence-electron chi connectivity index (χ1n) is 9.91. The molecule has 6 heteroatoms. The fourth-order valence-electron chi connectivity index (χ4n) is 3.46. The topological polar surface area (TPSA) is 65.1 Å². The predicted molar refractivity (Wildman–Crippen MR) is 124 cm³/mol. The third-order valence-corrected chi connectivity index (χ3v) is 5.01. The van der Waals surface area contributed by atoms with Crippen molar-refractivity contribution in [3.8, 4) is 28.1 Å². The second kappa shape index (κ2) is 8.75. The molecule has 6 nitrogen and oxygen atoms in total. The molecule has 156 valence electrons. The van der Waals surface area contributed by atoms with Crippen LogP contribution < -0.4 is 10.1 Å². The van der Waals surface area contributed by atoms with Crippen molar-refractivity contribution in [2.45, 2.75) is 13.8 Å². The molecule has 0 bridgehead atoms. The summed E-state index contributed by atoms with van der Waals surface area (Å²) in [6, 6.07) is 16.0. The number of aryl methyl sites for hydroxylation is 2. The van der Waals surface area contributed by atoms with Gasteiger partial charge in [-0.25, -0.2) is 4.98 Å². The van der Waals surface area contributed by atoms with Gasteiger partial charge < -0.3 is 14.6 Å². The number of hydrogen-bond donors (Lipinski definition) is 1. The minimum atomic E-state index is 0.806. The van der Waals surface area contributed by atoms with E-state index in [9.17, 15) is 0 Å². The van der Waals surface area contributed by atoms with Gasteiger partial charge in [-0.3, -0.25) is 4.57 Å². The van der Waals surface area contributed by atoms with Gasteiger partial charge in [0, 0.05) is 23.0 Å². The van der Waals surface area contributed by atoms with Crippen LogP contribution in [0.3, 0.4) is 0 Å². The van der Waals surface area contributed by atoms with E-state index in [1.165, 1.54) is 0 Å². The standard InChI is InChI=1S/C25H24N4O2/c1-5-6-15-29-16-26-24(25(29)27-21-11-13-22(30-4)14-12-21)20-9-7-19(8-10-20)23-17(2)28-31-18(23)3/h5-16,27H,1H2,2-4H3. The Hall–Kier alpha value is -4.06. The van der Waals surface area contributed by atoms with E-state index in [0.29, 0.717) is 0 Å². The number of rotatable bonds is 7. The quantitative estimate of drug-likeness (QED) is 0.365. The van der Waals surface area contributed by atoms with Crippen molar-refractivity contribution in [2.24, 2.45) is 0 Å². The molecule has 0 radical (unpaired) electrons. The summed E-state index contributed by atoms with van der Waals surface area (Å²) >= 11 is 0. The second-order valence-electron chi connectivity index (χ2n) is 7.06. The van der Waals surface area contributed by atoms with Crippen LogP contribution in [0.2, 0.25) is 0 Å². The maximum atomic E-state index is 5.31. The highest BCUT2D eigenvalue weighted by molar-refractivity contribution is 5.79. The van der Waals surface area contributed by atoms with Gasteiger partial charge in [0.1, 0.15) is 29.3 Å². The van der Waals surface area contributed by atoms with Crippen LogP contribution >= 0.6 is 0 Å². The summed E-state index contributed by atoms with van der Waals surface area (Å²) in [5.41, 5.74) is 5.75. The number of methoxy groups -OCH3 is 1. The van der Waals surface area contributed by atoms with Crippen LogP contribution in [0, 0.1) is 13.8 Å². The van der Waals surface area contributed by atoms with E-state index in [1.807, 2.05) is 55.0 Å². The zero-order valence-electron chi connectivity index (χ0n) is 17.8. The minimum absolute atomic E-state index is 0.806. The summed E-state index contributed by atoms with van der Waals surface area (Å²) in [4.78, 5) is 4.66. The molecule has 4 aromatic rings. The zero-order valence-corrected chi connectivity index (χ0v) is 17.8. The van der Waals surface area contributed by atoms with Crippen LogP contribution in [0.15, 0.2) is 78.1 Å². The number of nitrogens with one attached hydrogen (secondary N) is 1. The van der Waals surface area contributed by atoms with E-state index in [1.54, 1.807) is 19.5 Å².